The van der Waals surface area contributed by atoms with E-state index in [0.29, 0.717) is 6.42 Å². The zero-order valence-electron chi connectivity index (χ0n) is 16.2. The lowest BCUT2D eigenvalue weighted by atomic mass is 10.3. The summed E-state index contributed by atoms with van der Waals surface area (Å²) in [4.78, 5) is 38.1. The first-order valence-corrected chi connectivity index (χ1v) is 8.82. The Balaban J connectivity index is 2.79. The number of aliphatic hydroxyl groups is 1. The van der Waals surface area contributed by atoms with Crippen LogP contribution in [0.1, 0.15) is 45.4 Å². The van der Waals surface area contributed by atoms with Crippen molar-refractivity contribution in [1.82, 2.24) is 14.9 Å². The highest BCUT2D eigenvalue weighted by Crippen LogP contribution is 2.15. The van der Waals surface area contributed by atoms with Crippen LogP contribution in [0.15, 0.2) is 11.0 Å². The van der Waals surface area contributed by atoms with Gasteiger partial charge in [0.2, 0.25) is 5.91 Å². The number of aromatic nitrogens is 2. The van der Waals surface area contributed by atoms with E-state index < -0.39 is 24.0 Å². The molecular formula is C18H26N4O6. The summed E-state index contributed by atoms with van der Waals surface area (Å²) in [6.07, 6.45) is 0.841. The zero-order chi connectivity index (χ0) is 21.1. The van der Waals surface area contributed by atoms with E-state index in [9.17, 15) is 14.4 Å². The number of anilines is 1. The lowest BCUT2D eigenvalue weighted by Crippen LogP contribution is -2.31. The van der Waals surface area contributed by atoms with Crippen molar-refractivity contribution < 1.29 is 24.2 Å². The van der Waals surface area contributed by atoms with Gasteiger partial charge in [-0.1, -0.05) is 18.8 Å². The number of carbonyl (C=O) groups excluding carboxylic acids is 2. The van der Waals surface area contributed by atoms with Crippen LogP contribution in [0.25, 0.3) is 0 Å². The first-order chi connectivity index (χ1) is 13.3. The number of nitrogens with two attached hydrogens (primary N) is 1. The van der Waals surface area contributed by atoms with E-state index in [1.807, 2.05) is 6.92 Å². The predicted molar refractivity (Wildman–Crippen MR) is 101 cm³/mol. The van der Waals surface area contributed by atoms with E-state index >= 15 is 0 Å². The molecule has 2 atom stereocenters. The second kappa shape index (κ2) is 11.7. The first kappa shape index (κ1) is 23.1. The molecule has 0 radical (unpaired) electrons. The van der Waals surface area contributed by atoms with E-state index in [4.69, 9.17) is 20.3 Å². The van der Waals surface area contributed by atoms with Crippen LogP contribution in [0.4, 0.5) is 5.82 Å². The molecule has 0 aliphatic heterocycles. The predicted octanol–water partition coefficient (Wildman–Crippen LogP) is -0.448. The maximum Gasteiger partial charge on any atom is 0.351 e. The van der Waals surface area contributed by atoms with Gasteiger partial charge in [0, 0.05) is 19.7 Å². The van der Waals surface area contributed by atoms with E-state index in [0.717, 1.165) is 0 Å². The van der Waals surface area contributed by atoms with Crippen LogP contribution in [0, 0.1) is 11.8 Å². The summed E-state index contributed by atoms with van der Waals surface area (Å²) < 4.78 is 11.8. The second-order valence-corrected chi connectivity index (χ2v) is 5.92. The molecule has 0 fully saturated rings. The molecule has 1 rings (SSSR count). The Morgan fingerprint density at radius 1 is 1.46 bits per heavy atom. The normalized spacial score (nSPS) is 12.4. The van der Waals surface area contributed by atoms with Crippen molar-refractivity contribution in [2.75, 3.05) is 25.5 Å². The topological polar surface area (TPSA) is 146 Å². The smallest absolute Gasteiger partial charge is 0.351 e. The van der Waals surface area contributed by atoms with E-state index in [1.165, 1.54) is 17.7 Å². The van der Waals surface area contributed by atoms with Crippen LogP contribution >= 0.6 is 0 Å². The number of nitrogens with one attached hydrogen (secondary N) is 1. The summed E-state index contributed by atoms with van der Waals surface area (Å²) in [6, 6.07) is 0. The van der Waals surface area contributed by atoms with Gasteiger partial charge in [-0.25, -0.2) is 4.79 Å². The highest BCUT2D eigenvalue weighted by atomic mass is 16.5. The molecule has 28 heavy (non-hydrogen) atoms. The molecule has 1 unspecified atom stereocenters. The number of hydrogen-bond donors (Lipinski definition) is 3. The third-order valence-electron chi connectivity index (χ3n) is 3.52. The van der Waals surface area contributed by atoms with Gasteiger partial charge in [-0.2, -0.15) is 4.98 Å². The first-order valence-electron chi connectivity index (χ1n) is 8.82. The van der Waals surface area contributed by atoms with Crippen molar-refractivity contribution in [3.05, 3.63) is 22.2 Å². The largest absolute Gasteiger partial charge is 0.452 e. The summed E-state index contributed by atoms with van der Waals surface area (Å²) in [6.45, 7) is 4.69. The molecule has 10 heteroatoms. The number of amides is 1. The fraction of sp³-hybridized carbons (Fsp3) is 0.556. The number of rotatable bonds is 9. The number of esters is 1. The molecule has 0 spiro atoms. The quantitative estimate of drug-likeness (QED) is 0.377. The standard InChI is InChI=1S/C18H26N4O6/c1-4-15(28-12(2)11-23)22-10-14(17(19)21-18(22)26)6-5-9-27-16(25)7-8-20-13(3)24/h10,12,15,23H,4,7-9,11H2,1-3H3,(H,20,24)(H2,19,21,26)/t12-,15?/m0/s1. The molecule has 0 aromatic carbocycles. The number of hydrogen-bond acceptors (Lipinski definition) is 8. The molecular weight excluding hydrogens is 368 g/mol. The Morgan fingerprint density at radius 2 is 2.18 bits per heavy atom. The van der Waals surface area contributed by atoms with E-state index in [1.54, 1.807) is 6.92 Å². The van der Waals surface area contributed by atoms with Crippen LogP contribution in [-0.4, -0.2) is 52.4 Å². The van der Waals surface area contributed by atoms with Gasteiger partial charge in [0.25, 0.3) is 0 Å². The Morgan fingerprint density at radius 3 is 2.79 bits per heavy atom. The maximum atomic E-state index is 12.1. The van der Waals surface area contributed by atoms with Crippen LogP contribution in [0.5, 0.6) is 0 Å². The molecule has 0 aliphatic carbocycles. The van der Waals surface area contributed by atoms with Gasteiger partial charge in [0.15, 0.2) is 6.61 Å². The maximum absolute atomic E-state index is 12.1. The highest BCUT2D eigenvalue weighted by Gasteiger charge is 2.16. The summed E-state index contributed by atoms with van der Waals surface area (Å²) in [5, 5.41) is 11.6. The van der Waals surface area contributed by atoms with Crippen molar-refractivity contribution in [2.24, 2.45) is 0 Å². The Labute approximate surface area is 163 Å². The van der Waals surface area contributed by atoms with Gasteiger partial charge < -0.3 is 25.6 Å². The summed E-state index contributed by atoms with van der Waals surface area (Å²) in [5.41, 5.74) is 5.43. The molecule has 1 aromatic rings. The van der Waals surface area contributed by atoms with Crippen molar-refractivity contribution in [2.45, 2.75) is 45.9 Å². The minimum absolute atomic E-state index is 0.0361. The minimum Gasteiger partial charge on any atom is -0.452 e. The molecule has 0 saturated heterocycles. The van der Waals surface area contributed by atoms with Gasteiger partial charge in [-0.3, -0.25) is 14.2 Å². The molecule has 4 N–H and O–H groups in total. The average Bonchev–Trinajstić information content (AvgIpc) is 2.64. The molecule has 1 amide bonds. The molecule has 0 aliphatic rings. The lowest BCUT2D eigenvalue weighted by molar-refractivity contribution is -0.142. The van der Waals surface area contributed by atoms with Gasteiger partial charge in [-0.05, 0) is 13.3 Å². The number of carbonyl (C=O) groups is 2. The minimum atomic E-state index is -0.630. The summed E-state index contributed by atoms with van der Waals surface area (Å²) in [7, 11) is 0. The summed E-state index contributed by atoms with van der Waals surface area (Å²) >= 11 is 0. The lowest BCUT2D eigenvalue weighted by Gasteiger charge is -2.22. The highest BCUT2D eigenvalue weighted by molar-refractivity contribution is 5.74. The number of ether oxygens (including phenoxy) is 2. The van der Waals surface area contributed by atoms with Crippen molar-refractivity contribution >= 4 is 17.7 Å². The van der Waals surface area contributed by atoms with E-state index in [2.05, 4.69) is 22.1 Å². The number of nitrogen functional groups attached to an aromatic ring is 1. The third-order valence-corrected chi connectivity index (χ3v) is 3.52. The van der Waals surface area contributed by atoms with Crippen LogP contribution in [0.2, 0.25) is 0 Å². The molecule has 1 heterocycles. The van der Waals surface area contributed by atoms with Crippen molar-refractivity contribution in [3.8, 4) is 11.8 Å². The van der Waals surface area contributed by atoms with Crippen molar-refractivity contribution in [1.29, 1.82) is 0 Å². The fourth-order valence-corrected chi connectivity index (χ4v) is 2.11. The third kappa shape index (κ3) is 7.77. The fourth-order valence-electron chi connectivity index (χ4n) is 2.11. The molecule has 0 bridgehead atoms. The SMILES string of the molecule is CCC(O[C@@H](C)CO)n1cc(C#CCOC(=O)CCNC(C)=O)c(N)nc1=O. The van der Waals surface area contributed by atoms with Crippen LogP contribution in [-0.2, 0) is 19.1 Å². The van der Waals surface area contributed by atoms with Gasteiger partial charge >= 0.3 is 11.7 Å². The second-order valence-electron chi connectivity index (χ2n) is 5.92. The molecule has 154 valence electrons. The molecule has 10 nitrogen and oxygen atoms in total. The zero-order valence-corrected chi connectivity index (χ0v) is 16.2. The average molecular weight is 394 g/mol. The van der Waals surface area contributed by atoms with Gasteiger partial charge in [0.05, 0.1) is 24.7 Å². The Bertz CT molecular complexity index is 795. The number of nitrogens with zero attached hydrogens (tertiary/aromatic N) is 2. The summed E-state index contributed by atoms with van der Waals surface area (Å²) in [5.74, 6) is 4.56. The van der Waals surface area contributed by atoms with Gasteiger partial charge in [0.1, 0.15) is 12.0 Å². The Hall–Kier alpha value is -2.90. The molecule has 0 saturated carbocycles. The van der Waals surface area contributed by atoms with Crippen LogP contribution < -0.4 is 16.7 Å². The van der Waals surface area contributed by atoms with Crippen molar-refractivity contribution in [3.63, 3.8) is 0 Å². The van der Waals surface area contributed by atoms with E-state index in [-0.39, 0.29) is 43.5 Å². The molecule has 1 aromatic heterocycles. The number of aliphatic hydroxyl groups excluding tert-OH is 1. The van der Waals surface area contributed by atoms with Crippen LogP contribution in [0.3, 0.4) is 0 Å². The van der Waals surface area contributed by atoms with Gasteiger partial charge in [-0.15, -0.1) is 0 Å². The Kier molecular flexibility index (Phi) is 9.70. The monoisotopic (exact) mass is 394 g/mol.